The van der Waals surface area contributed by atoms with E-state index in [1.54, 1.807) is 12.1 Å². The molecule has 1 aliphatic heterocycles. The number of sulfone groups is 1. The largest absolute Gasteiger partial charge is 0.324 e. The van der Waals surface area contributed by atoms with Crippen LogP contribution < -0.4 is 10.6 Å². The van der Waals surface area contributed by atoms with Crippen molar-refractivity contribution in [2.24, 2.45) is 0 Å². The fourth-order valence-corrected chi connectivity index (χ4v) is 3.18. The number of rotatable bonds is 4. The predicted molar refractivity (Wildman–Crippen MR) is 85.7 cm³/mol. The Morgan fingerprint density at radius 1 is 1.43 bits per heavy atom. The van der Waals surface area contributed by atoms with Crippen LogP contribution in [0.2, 0.25) is 0 Å². The fourth-order valence-electron chi connectivity index (χ4n) is 2.52. The van der Waals surface area contributed by atoms with Crippen molar-refractivity contribution in [1.29, 1.82) is 0 Å². The maximum atomic E-state index is 12.4. The van der Waals surface area contributed by atoms with Crippen LogP contribution in [-0.2, 0) is 14.6 Å². The standard InChI is InChI=1S/C14H20N2O3S.ClH/c1-3-14(8-5-9-15-14)13(17)16-11-6-4-7-12(10-11)20(2,18)19;/h4,6-7,10,15H,3,5,8-9H2,1-2H3,(H,16,17);1H. The van der Waals surface area contributed by atoms with E-state index >= 15 is 0 Å². The summed E-state index contributed by atoms with van der Waals surface area (Å²) in [4.78, 5) is 12.6. The molecule has 1 fully saturated rings. The molecule has 1 heterocycles. The van der Waals surface area contributed by atoms with Crippen molar-refractivity contribution in [3.05, 3.63) is 24.3 Å². The molecule has 1 unspecified atom stereocenters. The van der Waals surface area contributed by atoms with Gasteiger partial charge in [0.2, 0.25) is 5.91 Å². The minimum absolute atomic E-state index is 0. The summed E-state index contributed by atoms with van der Waals surface area (Å²) in [6.45, 7) is 2.81. The molecule has 1 saturated heterocycles. The Morgan fingerprint density at radius 3 is 2.67 bits per heavy atom. The Bertz CT molecular complexity index is 610. The summed E-state index contributed by atoms with van der Waals surface area (Å²) in [5.74, 6) is -0.0943. The normalized spacial score (nSPS) is 21.6. The molecule has 0 bridgehead atoms. The van der Waals surface area contributed by atoms with E-state index in [1.807, 2.05) is 6.92 Å². The number of anilines is 1. The Kier molecular flexibility index (Phi) is 5.78. The van der Waals surface area contributed by atoms with Gasteiger partial charge in [0, 0.05) is 11.9 Å². The van der Waals surface area contributed by atoms with Crippen LogP contribution in [0.25, 0.3) is 0 Å². The highest BCUT2D eigenvalue weighted by Gasteiger charge is 2.39. The molecular weight excluding hydrogens is 312 g/mol. The van der Waals surface area contributed by atoms with Crippen molar-refractivity contribution < 1.29 is 13.2 Å². The highest BCUT2D eigenvalue weighted by molar-refractivity contribution is 7.90. The van der Waals surface area contributed by atoms with Crippen LogP contribution in [0.1, 0.15) is 26.2 Å². The monoisotopic (exact) mass is 332 g/mol. The third-order valence-electron chi connectivity index (χ3n) is 3.80. The molecular formula is C14H21ClN2O3S. The van der Waals surface area contributed by atoms with E-state index in [-0.39, 0.29) is 23.2 Å². The minimum atomic E-state index is -3.27. The van der Waals surface area contributed by atoms with Gasteiger partial charge in [-0.1, -0.05) is 13.0 Å². The van der Waals surface area contributed by atoms with Gasteiger partial charge in [-0.2, -0.15) is 0 Å². The van der Waals surface area contributed by atoms with Crippen molar-refractivity contribution in [2.75, 3.05) is 18.1 Å². The van der Waals surface area contributed by atoms with Gasteiger partial charge in [-0.3, -0.25) is 4.79 Å². The molecule has 2 N–H and O–H groups in total. The third kappa shape index (κ3) is 3.96. The Balaban J connectivity index is 0.00000220. The van der Waals surface area contributed by atoms with Crippen molar-refractivity contribution in [1.82, 2.24) is 5.32 Å². The zero-order valence-electron chi connectivity index (χ0n) is 12.2. The maximum Gasteiger partial charge on any atom is 0.244 e. The van der Waals surface area contributed by atoms with Crippen molar-refractivity contribution >= 4 is 33.8 Å². The first kappa shape index (κ1) is 17.9. The third-order valence-corrected chi connectivity index (χ3v) is 4.91. The lowest BCUT2D eigenvalue weighted by Gasteiger charge is -2.26. The molecule has 1 aliphatic rings. The molecule has 0 aliphatic carbocycles. The average molecular weight is 333 g/mol. The molecule has 0 saturated carbocycles. The molecule has 1 amide bonds. The van der Waals surface area contributed by atoms with Gasteiger partial charge in [0.15, 0.2) is 9.84 Å². The summed E-state index contributed by atoms with van der Waals surface area (Å²) in [7, 11) is -3.27. The van der Waals surface area contributed by atoms with Crippen LogP contribution in [0.4, 0.5) is 5.69 Å². The van der Waals surface area contributed by atoms with Gasteiger partial charge in [-0.15, -0.1) is 12.4 Å². The lowest BCUT2D eigenvalue weighted by molar-refractivity contribution is -0.122. The molecule has 7 heteroatoms. The van der Waals surface area contributed by atoms with Crippen molar-refractivity contribution in [3.8, 4) is 0 Å². The second-order valence-corrected chi connectivity index (χ2v) is 7.24. The first-order valence-electron chi connectivity index (χ1n) is 6.74. The summed E-state index contributed by atoms with van der Waals surface area (Å²) in [6.07, 6.45) is 3.65. The van der Waals surface area contributed by atoms with Gasteiger partial charge in [-0.05, 0) is 44.0 Å². The average Bonchev–Trinajstić information content (AvgIpc) is 2.88. The summed E-state index contributed by atoms with van der Waals surface area (Å²) >= 11 is 0. The van der Waals surface area contributed by atoms with Gasteiger partial charge in [0.05, 0.1) is 10.4 Å². The topological polar surface area (TPSA) is 75.3 Å². The molecule has 1 atom stereocenters. The molecule has 0 radical (unpaired) electrons. The van der Waals surface area contributed by atoms with Gasteiger partial charge in [-0.25, -0.2) is 8.42 Å². The smallest absolute Gasteiger partial charge is 0.244 e. The van der Waals surface area contributed by atoms with E-state index in [2.05, 4.69) is 10.6 Å². The second kappa shape index (κ2) is 6.77. The fraction of sp³-hybridized carbons (Fsp3) is 0.500. The van der Waals surface area contributed by atoms with Crippen LogP contribution in [0.15, 0.2) is 29.2 Å². The number of carbonyl (C=O) groups excluding carboxylic acids is 1. The van der Waals surface area contributed by atoms with Crippen LogP contribution in [0, 0.1) is 0 Å². The zero-order chi connectivity index (χ0) is 14.8. The number of nitrogens with one attached hydrogen (secondary N) is 2. The predicted octanol–water partition coefficient (Wildman–Crippen LogP) is 1.98. The van der Waals surface area contributed by atoms with E-state index in [0.29, 0.717) is 12.1 Å². The van der Waals surface area contributed by atoms with Gasteiger partial charge in [0.1, 0.15) is 0 Å². The molecule has 0 spiro atoms. The maximum absolute atomic E-state index is 12.4. The highest BCUT2D eigenvalue weighted by atomic mass is 35.5. The van der Waals surface area contributed by atoms with E-state index in [9.17, 15) is 13.2 Å². The molecule has 21 heavy (non-hydrogen) atoms. The van der Waals surface area contributed by atoms with E-state index in [4.69, 9.17) is 0 Å². The van der Waals surface area contributed by atoms with Crippen LogP contribution in [0.3, 0.4) is 0 Å². The van der Waals surface area contributed by atoms with Gasteiger partial charge in [0.25, 0.3) is 0 Å². The first-order valence-corrected chi connectivity index (χ1v) is 8.63. The first-order chi connectivity index (χ1) is 9.37. The molecule has 0 aromatic heterocycles. The summed E-state index contributed by atoms with van der Waals surface area (Å²) in [5, 5.41) is 6.08. The molecule has 1 aromatic carbocycles. The van der Waals surface area contributed by atoms with Crippen molar-refractivity contribution in [3.63, 3.8) is 0 Å². The number of hydrogen-bond acceptors (Lipinski definition) is 4. The lowest BCUT2D eigenvalue weighted by atomic mass is 9.93. The molecule has 1 aromatic rings. The highest BCUT2D eigenvalue weighted by Crippen LogP contribution is 2.25. The van der Waals surface area contributed by atoms with Gasteiger partial charge >= 0.3 is 0 Å². The number of benzene rings is 1. The van der Waals surface area contributed by atoms with Gasteiger partial charge < -0.3 is 10.6 Å². The van der Waals surface area contributed by atoms with Crippen LogP contribution in [-0.4, -0.2) is 32.7 Å². The van der Waals surface area contributed by atoms with E-state index in [1.165, 1.54) is 12.1 Å². The minimum Gasteiger partial charge on any atom is -0.324 e. The molecule has 5 nitrogen and oxygen atoms in total. The molecule has 118 valence electrons. The van der Waals surface area contributed by atoms with E-state index < -0.39 is 15.4 Å². The molecule has 2 rings (SSSR count). The zero-order valence-corrected chi connectivity index (χ0v) is 13.8. The quantitative estimate of drug-likeness (QED) is 0.884. The second-order valence-electron chi connectivity index (χ2n) is 5.22. The van der Waals surface area contributed by atoms with Crippen molar-refractivity contribution in [2.45, 2.75) is 36.6 Å². The number of amides is 1. The Labute approximate surface area is 131 Å². The number of halogens is 1. The number of carbonyl (C=O) groups is 1. The SMILES string of the molecule is CCC1(C(=O)Nc2cccc(S(C)(=O)=O)c2)CCCN1.Cl. The number of hydrogen-bond donors (Lipinski definition) is 2. The van der Waals surface area contributed by atoms with E-state index in [0.717, 1.165) is 25.6 Å². The van der Waals surface area contributed by atoms with Crippen LogP contribution >= 0.6 is 12.4 Å². The Hall–Kier alpha value is -1.11. The van der Waals surface area contributed by atoms with Crippen LogP contribution in [0.5, 0.6) is 0 Å². The summed E-state index contributed by atoms with van der Waals surface area (Å²) in [6, 6.07) is 6.34. The summed E-state index contributed by atoms with van der Waals surface area (Å²) < 4.78 is 23.0. The Morgan fingerprint density at radius 2 is 2.14 bits per heavy atom. The summed E-state index contributed by atoms with van der Waals surface area (Å²) in [5.41, 5.74) is -0.0133. The lowest BCUT2D eigenvalue weighted by Crippen LogP contribution is -2.50.